The number of hydrogen-bond acceptors (Lipinski definition) is 2. The predicted octanol–water partition coefficient (Wildman–Crippen LogP) is 3.72. The Morgan fingerprint density at radius 2 is 2.21 bits per heavy atom. The number of aliphatic hydroxyl groups excluding tert-OH is 1. The first-order chi connectivity index (χ1) is 6.76. The third-order valence-corrected chi connectivity index (χ3v) is 4.30. The van der Waals surface area contributed by atoms with Gasteiger partial charge < -0.3 is 5.11 Å². The minimum absolute atomic E-state index is 0.0951. The van der Waals surface area contributed by atoms with Crippen LogP contribution in [0.3, 0.4) is 0 Å². The first kappa shape index (κ1) is 10.1. The van der Waals surface area contributed by atoms with Gasteiger partial charge in [0.15, 0.2) is 0 Å². The zero-order valence-electron chi connectivity index (χ0n) is 7.88. The maximum atomic E-state index is 9.27. The summed E-state index contributed by atoms with van der Waals surface area (Å²) in [4.78, 5) is 1.37. The van der Waals surface area contributed by atoms with E-state index in [2.05, 4.69) is 35.0 Å². The molecule has 0 saturated carbocycles. The molecular formula is C11H11BrOS. The van der Waals surface area contributed by atoms with Crippen molar-refractivity contribution in [2.45, 2.75) is 20.0 Å². The van der Waals surface area contributed by atoms with Gasteiger partial charge in [0, 0.05) is 19.6 Å². The molecule has 0 amide bonds. The van der Waals surface area contributed by atoms with Crippen molar-refractivity contribution < 1.29 is 5.11 Å². The average molecular weight is 271 g/mol. The Balaban J connectivity index is 2.73. The highest BCUT2D eigenvalue weighted by atomic mass is 79.9. The van der Waals surface area contributed by atoms with E-state index in [1.165, 1.54) is 15.0 Å². The van der Waals surface area contributed by atoms with Gasteiger partial charge in [0.2, 0.25) is 0 Å². The van der Waals surface area contributed by atoms with Crippen molar-refractivity contribution in [2.24, 2.45) is 0 Å². The van der Waals surface area contributed by atoms with Crippen molar-refractivity contribution in [3.8, 4) is 0 Å². The molecule has 1 nitrogen and oxygen atoms in total. The van der Waals surface area contributed by atoms with E-state index in [9.17, 15) is 5.11 Å². The van der Waals surface area contributed by atoms with Crippen LogP contribution in [-0.4, -0.2) is 5.11 Å². The molecule has 0 aliphatic heterocycles. The number of hydrogen-bond donors (Lipinski definition) is 1. The van der Waals surface area contributed by atoms with Crippen LogP contribution in [0.4, 0.5) is 0 Å². The standard InChI is InChI=1S/C11H11BrOS/c1-2-7-5-8-9(6-13)10(12)3-4-11(8)14-7/h3-5,13H,2,6H2,1H3. The molecule has 0 unspecified atom stereocenters. The molecule has 0 radical (unpaired) electrons. The molecular weight excluding hydrogens is 260 g/mol. The largest absolute Gasteiger partial charge is 0.392 e. The number of rotatable bonds is 2. The Morgan fingerprint density at radius 3 is 2.86 bits per heavy atom. The lowest BCUT2D eigenvalue weighted by Gasteiger charge is -2.01. The zero-order chi connectivity index (χ0) is 10.1. The van der Waals surface area contributed by atoms with E-state index in [4.69, 9.17) is 0 Å². The number of aryl methyl sites for hydroxylation is 1. The molecule has 3 heteroatoms. The molecule has 1 aromatic carbocycles. The van der Waals surface area contributed by atoms with Gasteiger partial charge >= 0.3 is 0 Å². The van der Waals surface area contributed by atoms with Crippen molar-refractivity contribution in [3.63, 3.8) is 0 Å². The summed E-state index contributed by atoms with van der Waals surface area (Å²) in [5.74, 6) is 0. The number of thiophene rings is 1. The number of aliphatic hydroxyl groups is 1. The normalized spacial score (nSPS) is 11.1. The van der Waals surface area contributed by atoms with Crippen LogP contribution in [0.25, 0.3) is 10.1 Å². The summed E-state index contributed by atoms with van der Waals surface area (Å²) in [5, 5.41) is 10.5. The first-order valence-electron chi connectivity index (χ1n) is 4.57. The Kier molecular flexibility index (Phi) is 2.91. The van der Waals surface area contributed by atoms with Crippen LogP contribution in [0.5, 0.6) is 0 Å². The SMILES string of the molecule is CCc1cc2c(CO)c(Br)ccc2s1. The van der Waals surface area contributed by atoms with Gasteiger partial charge in [-0.1, -0.05) is 22.9 Å². The summed E-state index contributed by atoms with van der Waals surface area (Å²) in [6.07, 6.45) is 1.06. The van der Waals surface area contributed by atoms with Crippen LogP contribution in [0.2, 0.25) is 0 Å². The molecule has 0 spiro atoms. The van der Waals surface area contributed by atoms with E-state index >= 15 is 0 Å². The van der Waals surface area contributed by atoms with Gasteiger partial charge in [-0.25, -0.2) is 0 Å². The lowest BCUT2D eigenvalue weighted by atomic mass is 10.1. The molecule has 2 rings (SSSR count). The molecule has 1 aromatic heterocycles. The molecule has 74 valence electrons. The monoisotopic (exact) mass is 270 g/mol. The molecule has 2 aromatic rings. The average Bonchev–Trinajstić information content (AvgIpc) is 2.60. The topological polar surface area (TPSA) is 20.2 Å². The summed E-state index contributed by atoms with van der Waals surface area (Å²) in [7, 11) is 0. The fourth-order valence-electron chi connectivity index (χ4n) is 1.53. The minimum atomic E-state index is 0.0951. The molecule has 14 heavy (non-hydrogen) atoms. The highest BCUT2D eigenvalue weighted by Crippen LogP contribution is 2.32. The van der Waals surface area contributed by atoms with Gasteiger partial charge in [-0.2, -0.15) is 0 Å². The summed E-state index contributed by atoms with van der Waals surface area (Å²) < 4.78 is 2.25. The minimum Gasteiger partial charge on any atom is -0.392 e. The molecule has 0 aliphatic carbocycles. The summed E-state index contributed by atoms with van der Waals surface area (Å²) in [5.41, 5.74) is 0.999. The van der Waals surface area contributed by atoms with E-state index in [1.807, 2.05) is 6.07 Å². The van der Waals surface area contributed by atoms with Gasteiger partial charge in [0.25, 0.3) is 0 Å². The molecule has 1 heterocycles. The first-order valence-corrected chi connectivity index (χ1v) is 6.18. The van der Waals surface area contributed by atoms with E-state index < -0.39 is 0 Å². The Labute approximate surface area is 95.5 Å². The molecule has 0 atom stereocenters. The van der Waals surface area contributed by atoms with Crippen molar-refractivity contribution in [3.05, 3.63) is 33.1 Å². The predicted molar refractivity (Wildman–Crippen MR) is 64.8 cm³/mol. The second-order valence-electron chi connectivity index (χ2n) is 3.16. The van der Waals surface area contributed by atoms with Gasteiger partial charge in [0.1, 0.15) is 0 Å². The summed E-state index contributed by atoms with van der Waals surface area (Å²) in [6, 6.07) is 6.28. The number of fused-ring (bicyclic) bond motifs is 1. The zero-order valence-corrected chi connectivity index (χ0v) is 10.3. The van der Waals surface area contributed by atoms with Crippen LogP contribution in [0.15, 0.2) is 22.7 Å². The highest BCUT2D eigenvalue weighted by molar-refractivity contribution is 9.10. The fraction of sp³-hybridized carbons (Fsp3) is 0.273. The van der Waals surface area contributed by atoms with Crippen molar-refractivity contribution in [2.75, 3.05) is 0 Å². The molecule has 1 N–H and O–H groups in total. The van der Waals surface area contributed by atoms with E-state index in [1.54, 1.807) is 11.3 Å². The van der Waals surface area contributed by atoms with Gasteiger partial charge in [-0.15, -0.1) is 11.3 Å². The van der Waals surface area contributed by atoms with Crippen LogP contribution in [-0.2, 0) is 13.0 Å². The lowest BCUT2D eigenvalue weighted by Crippen LogP contribution is -1.85. The van der Waals surface area contributed by atoms with Crippen molar-refractivity contribution in [1.29, 1.82) is 0 Å². The van der Waals surface area contributed by atoms with Crippen LogP contribution in [0.1, 0.15) is 17.4 Å². The van der Waals surface area contributed by atoms with E-state index in [0.717, 1.165) is 16.5 Å². The Bertz CT molecular complexity index is 462. The lowest BCUT2D eigenvalue weighted by molar-refractivity contribution is 0.282. The van der Waals surface area contributed by atoms with Gasteiger partial charge in [-0.3, -0.25) is 0 Å². The Hall–Kier alpha value is -0.380. The second kappa shape index (κ2) is 4.01. The van der Waals surface area contributed by atoms with Crippen LogP contribution >= 0.6 is 27.3 Å². The molecule has 0 aliphatic rings. The maximum Gasteiger partial charge on any atom is 0.0699 e. The van der Waals surface area contributed by atoms with Crippen molar-refractivity contribution >= 4 is 37.4 Å². The third-order valence-electron chi connectivity index (χ3n) is 2.31. The van der Waals surface area contributed by atoms with Gasteiger partial charge in [0.05, 0.1) is 6.61 Å². The smallest absolute Gasteiger partial charge is 0.0699 e. The van der Waals surface area contributed by atoms with Crippen molar-refractivity contribution in [1.82, 2.24) is 0 Å². The maximum absolute atomic E-state index is 9.27. The summed E-state index contributed by atoms with van der Waals surface area (Å²) >= 11 is 5.26. The van der Waals surface area contributed by atoms with Gasteiger partial charge in [-0.05, 0) is 30.0 Å². The highest BCUT2D eigenvalue weighted by Gasteiger charge is 2.07. The molecule has 0 fully saturated rings. The number of halogens is 1. The van der Waals surface area contributed by atoms with E-state index in [0.29, 0.717) is 0 Å². The van der Waals surface area contributed by atoms with E-state index in [-0.39, 0.29) is 6.61 Å². The molecule has 0 saturated heterocycles. The Morgan fingerprint density at radius 1 is 1.43 bits per heavy atom. The third kappa shape index (κ3) is 1.60. The summed E-state index contributed by atoms with van der Waals surface area (Å²) in [6.45, 7) is 2.25. The van der Waals surface area contributed by atoms with Crippen LogP contribution < -0.4 is 0 Å². The molecule has 0 bridgehead atoms. The second-order valence-corrected chi connectivity index (χ2v) is 5.18. The quantitative estimate of drug-likeness (QED) is 0.882. The number of benzene rings is 1. The fourth-order valence-corrected chi connectivity index (χ4v) is 3.03. The van der Waals surface area contributed by atoms with Crippen LogP contribution in [0, 0.1) is 0 Å².